The van der Waals surface area contributed by atoms with Gasteiger partial charge in [-0.25, -0.2) is 4.39 Å². The van der Waals surface area contributed by atoms with Crippen LogP contribution in [0.1, 0.15) is 6.92 Å². The van der Waals surface area contributed by atoms with Crippen molar-refractivity contribution < 1.29 is 22.4 Å². The number of halogens is 5. The maximum atomic E-state index is 13.3. The molecule has 0 aliphatic carbocycles. The van der Waals surface area contributed by atoms with Crippen LogP contribution in [-0.2, 0) is 4.79 Å². The largest absolute Gasteiger partial charge is 0.415 e. The van der Waals surface area contributed by atoms with Crippen molar-refractivity contribution in [2.45, 2.75) is 18.6 Å². The molecule has 1 rings (SSSR count). The van der Waals surface area contributed by atoms with E-state index in [-0.39, 0.29) is 5.69 Å². The second-order valence-corrected chi connectivity index (χ2v) is 4.69. The molecule has 1 aromatic carbocycles. The number of rotatable bonds is 2. The molecule has 0 spiro atoms. The molecule has 0 bridgehead atoms. The minimum absolute atomic E-state index is 0.379. The summed E-state index contributed by atoms with van der Waals surface area (Å²) in [6.45, 7) is 0.512. The van der Waals surface area contributed by atoms with Crippen LogP contribution in [0, 0.1) is 5.82 Å². The number of alkyl halides is 3. The molecule has 0 radical (unpaired) electrons. The van der Waals surface area contributed by atoms with Crippen LogP contribution in [0.2, 0.25) is 0 Å². The van der Waals surface area contributed by atoms with E-state index in [0.717, 1.165) is 12.1 Å². The lowest BCUT2D eigenvalue weighted by Crippen LogP contribution is -2.59. The summed E-state index contributed by atoms with van der Waals surface area (Å²) < 4.78 is 51.1. The Morgan fingerprint density at radius 3 is 2.44 bits per heavy atom. The highest BCUT2D eigenvalue weighted by molar-refractivity contribution is 9.10. The lowest BCUT2D eigenvalue weighted by molar-refractivity contribution is -0.184. The van der Waals surface area contributed by atoms with E-state index < -0.39 is 23.4 Å². The van der Waals surface area contributed by atoms with Gasteiger partial charge in [0.2, 0.25) is 0 Å². The molecule has 1 aromatic rings. The highest BCUT2D eigenvalue weighted by Crippen LogP contribution is 2.29. The van der Waals surface area contributed by atoms with Gasteiger partial charge in [-0.3, -0.25) is 4.79 Å². The van der Waals surface area contributed by atoms with Crippen molar-refractivity contribution in [1.29, 1.82) is 0 Å². The zero-order chi connectivity index (χ0) is 14.1. The first-order valence-electron chi connectivity index (χ1n) is 4.68. The molecule has 0 aliphatic heterocycles. The number of nitrogens with two attached hydrogens (primary N) is 1. The van der Waals surface area contributed by atoms with Crippen LogP contribution in [0.4, 0.5) is 23.2 Å². The van der Waals surface area contributed by atoms with Crippen LogP contribution < -0.4 is 11.1 Å². The summed E-state index contributed by atoms with van der Waals surface area (Å²) in [6, 6.07) is 3.48. The van der Waals surface area contributed by atoms with E-state index >= 15 is 0 Å². The van der Waals surface area contributed by atoms with Gasteiger partial charge in [0.1, 0.15) is 5.82 Å². The zero-order valence-corrected chi connectivity index (χ0v) is 10.7. The predicted octanol–water partition coefficient (Wildman–Crippen LogP) is 2.81. The molecular formula is C10H9BrF4N2O. The van der Waals surface area contributed by atoms with Crippen LogP contribution in [0.15, 0.2) is 22.7 Å². The van der Waals surface area contributed by atoms with Crippen LogP contribution in [0.3, 0.4) is 0 Å². The summed E-state index contributed by atoms with van der Waals surface area (Å²) in [6.07, 6.45) is -4.93. The summed E-state index contributed by atoms with van der Waals surface area (Å²) >= 11 is 3.00. The minimum atomic E-state index is -4.93. The van der Waals surface area contributed by atoms with Gasteiger partial charge in [-0.05, 0) is 25.1 Å². The van der Waals surface area contributed by atoms with Crippen molar-refractivity contribution in [2.24, 2.45) is 5.73 Å². The number of benzene rings is 1. The summed E-state index contributed by atoms with van der Waals surface area (Å²) in [7, 11) is 0. The maximum absolute atomic E-state index is 13.3. The van der Waals surface area contributed by atoms with Gasteiger partial charge in [0, 0.05) is 4.47 Å². The maximum Gasteiger partial charge on any atom is 0.415 e. The molecule has 3 nitrogen and oxygen atoms in total. The molecule has 18 heavy (non-hydrogen) atoms. The van der Waals surface area contributed by atoms with Crippen LogP contribution in [0.25, 0.3) is 0 Å². The van der Waals surface area contributed by atoms with Crippen LogP contribution >= 0.6 is 15.9 Å². The predicted molar refractivity (Wildman–Crippen MR) is 61.4 cm³/mol. The monoisotopic (exact) mass is 328 g/mol. The standard InChI is InChI=1S/C10H9BrF4N2O/c1-9(16,10(13,14)15)8(18)17-7-4-5(11)2-3-6(7)12/h2-4H,16H2,1H3,(H,17,18). The Labute approximate surface area is 108 Å². The molecule has 0 saturated carbocycles. The number of nitrogens with one attached hydrogen (secondary N) is 1. The minimum Gasteiger partial charge on any atom is -0.322 e. The third kappa shape index (κ3) is 2.99. The quantitative estimate of drug-likeness (QED) is 0.820. The summed E-state index contributed by atoms with van der Waals surface area (Å²) in [5.74, 6) is -2.39. The highest BCUT2D eigenvalue weighted by Gasteiger charge is 2.54. The Bertz CT molecular complexity index is 473. The number of carbonyl (C=O) groups is 1. The molecular weight excluding hydrogens is 320 g/mol. The molecule has 0 fully saturated rings. The Kier molecular flexibility index (Phi) is 4.02. The van der Waals surface area contributed by atoms with E-state index in [0.29, 0.717) is 11.4 Å². The fraction of sp³-hybridized carbons (Fsp3) is 0.300. The lowest BCUT2D eigenvalue weighted by atomic mass is 10.0. The molecule has 1 amide bonds. The smallest absolute Gasteiger partial charge is 0.322 e. The Balaban J connectivity index is 2.98. The average Bonchev–Trinajstić information content (AvgIpc) is 2.21. The van der Waals surface area contributed by atoms with Gasteiger partial charge in [-0.1, -0.05) is 15.9 Å². The van der Waals surface area contributed by atoms with Gasteiger partial charge in [0.25, 0.3) is 5.91 Å². The van der Waals surface area contributed by atoms with E-state index in [1.165, 1.54) is 6.07 Å². The van der Waals surface area contributed by atoms with Crippen molar-refractivity contribution in [2.75, 3.05) is 5.32 Å². The lowest BCUT2D eigenvalue weighted by Gasteiger charge is -2.26. The van der Waals surface area contributed by atoms with E-state index in [4.69, 9.17) is 5.73 Å². The number of hydrogen-bond donors (Lipinski definition) is 2. The summed E-state index contributed by atoms with van der Waals surface area (Å²) in [5.41, 5.74) is 1.43. The first-order valence-corrected chi connectivity index (χ1v) is 5.47. The van der Waals surface area contributed by atoms with E-state index in [9.17, 15) is 22.4 Å². The SMILES string of the molecule is CC(N)(C(=O)Nc1cc(Br)ccc1F)C(F)(F)F. The second kappa shape index (κ2) is 4.85. The molecule has 0 heterocycles. The molecule has 0 aromatic heterocycles. The molecule has 8 heteroatoms. The first kappa shape index (κ1) is 14.9. The normalized spacial score (nSPS) is 15.1. The number of amides is 1. The molecule has 3 N–H and O–H groups in total. The van der Waals surface area contributed by atoms with Crippen molar-refractivity contribution in [3.05, 3.63) is 28.5 Å². The number of carbonyl (C=O) groups excluding carboxylic acids is 1. The summed E-state index contributed by atoms with van der Waals surface area (Å²) in [5, 5.41) is 1.81. The third-order valence-corrected chi connectivity index (χ3v) is 2.73. The van der Waals surface area contributed by atoms with Gasteiger partial charge in [0.05, 0.1) is 5.69 Å². The molecule has 1 atom stereocenters. The van der Waals surface area contributed by atoms with Gasteiger partial charge < -0.3 is 11.1 Å². The van der Waals surface area contributed by atoms with E-state index in [1.807, 2.05) is 5.32 Å². The Morgan fingerprint density at radius 2 is 1.94 bits per heavy atom. The van der Waals surface area contributed by atoms with Crippen molar-refractivity contribution in [3.63, 3.8) is 0 Å². The van der Waals surface area contributed by atoms with Crippen molar-refractivity contribution in [3.8, 4) is 0 Å². The van der Waals surface area contributed by atoms with Gasteiger partial charge in [-0.2, -0.15) is 13.2 Å². The van der Waals surface area contributed by atoms with E-state index in [1.54, 1.807) is 0 Å². The number of hydrogen-bond acceptors (Lipinski definition) is 2. The van der Waals surface area contributed by atoms with E-state index in [2.05, 4.69) is 15.9 Å². The topological polar surface area (TPSA) is 55.1 Å². The van der Waals surface area contributed by atoms with Gasteiger partial charge in [-0.15, -0.1) is 0 Å². The fourth-order valence-electron chi connectivity index (χ4n) is 0.974. The van der Waals surface area contributed by atoms with Crippen molar-refractivity contribution >= 4 is 27.5 Å². The first-order chi connectivity index (χ1) is 8.05. The van der Waals surface area contributed by atoms with Crippen LogP contribution in [0.5, 0.6) is 0 Å². The molecule has 0 aliphatic rings. The zero-order valence-electron chi connectivity index (χ0n) is 9.11. The second-order valence-electron chi connectivity index (χ2n) is 3.78. The third-order valence-electron chi connectivity index (χ3n) is 2.24. The summed E-state index contributed by atoms with van der Waals surface area (Å²) in [4.78, 5) is 11.4. The molecule has 1 unspecified atom stereocenters. The average molecular weight is 329 g/mol. The van der Waals surface area contributed by atoms with Gasteiger partial charge >= 0.3 is 6.18 Å². The number of anilines is 1. The highest BCUT2D eigenvalue weighted by atomic mass is 79.9. The van der Waals surface area contributed by atoms with Crippen LogP contribution in [-0.4, -0.2) is 17.6 Å². The molecule has 0 saturated heterocycles. The Hall–Kier alpha value is -1.15. The Morgan fingerprint density at radius 1 is 1.39 bits per heavy atom. The fourth-order valence-corrected chi connectivity index (χ4v) is 1.34. The molecule has 100 valence electrons. The van der Waals surface area contributed by atoms with Crippen molar-refractivity contribution in [1.82, 2.24) is 0 Å². The van der Waals surface area contributed by atoms with Gasteiger partial charge in [0.15, 0.2) is 5.54 Å².